The van der Waals surface area contributed by atoms with Gasteiger partial charge in [0.05, 0.1) is 27.1 Å². The Morgan fingerprint density at radius 2 is 1.79 bits per heavy atom. The van der Waals surface area contributed by atoms with Gasteiger partial charge in [-0.1, -0.05) is 13.0 Å². The van der Waals surface area contributed by atoms with Gasteiger partial charge in [-0.15, -0.1) is 0 Å². The summed E-state index contributed by atoms with van der Waals surface area (Å²) in [6.07, 6.45) is 5.92. The number of aryl methyl sites for hydroxylation is 4. The highest BCUT2D eigenvalue weighted by atomic mass is 32.2. The molecule has 9 nitrogen and oxygen atoms in total. The Hall–Kier alpha value is -3.76. The van der Waals surface area contributed by atoms with E-state index in [9.17, 15) is 13.5 Å². The highest BCUT2D eigenvalue weighted by Gasteiger charge is 2.37. The highest BCUT2D eigenvalue weighted by Crippen LogP contribution is 2.34. The predicted molar refractivity (Wildman–Crippen MR) is 166 cm³/mol. The molecule has 4 aromatic rings. The van der Waals surface area contributed by atoms with Crippen molar-refractivity contribution in [2.24, 2.45) is 0 Å². The molecule has 1 saturated carbocycles. The van der Waals surface area contributed by atoms with Crippen LogP contribution >= 0.6 is 0 Å². The van der Waals surface area contributed by atoms with Gasteiger partial charge in [-0.25, -0.2) is 18.1 Å². The molecule has 3 heterocycles. The molecule has 42 heavy (non-hydrogen) atoms. The Balaban J connectivity index is 1.30. The maximum Gasteiger partial charge on any atom is 0.181 e. The average Bonchev–Trinajstić information content (AvgIpc) is 3.74. The first kappa shape index (κ1) is 29.7. The van der Waals surface area contributed by atoms with Crippen molar-refractivity contribution in [1.29, 1.82) is 0 Å². The number of hydrogen-bond acceptors (Lipinski definition) is 8. The summed E-state index contributed by atoms with van der Waals surface area (Å²) < 4.78 is 27.3. The number of anilines is 3. The summed E-state index contributed by atoms with van der Waals surface area (Å²) in [5, 5.41) is 22.0. The predicted octanol–water partition coefficient (Wildman–Crippen LogP) is 5.87. The molecule has 222 valence electrons. The lowest BCUT2D eigenvalue weighted by Gasteiger charge is -2.22. The normalized spacial score (nSPS) is 14.5. The van der Waals surface area contributed by atoms with Gasteiger partial charge in [-0.3, -0.25) is 4.98 Å². The number of rotatable bonds is 11. The van der Waals surface area contributed by atoms with E-state index in [1.807, 2.05) is 35.1 Å². The van der Waals surface area contributed by atoms with Gasteiger partial charge in [0, 0.05) is 24.1 Å². The van der Waals surface area contributed by atoms with Gasteiger partial charge in [0.25, 0.3) is 0 Å². The molecule has 0 aliphatic heterocycles. The van der Waals surface area contributed by atoms with Crippen molar-refractivity contribution in [3.05, 3.63) is 89.0 Å². The van der Waals surface area contributed by atoms with Crippen LogP contribution in [0, 0.1) is 6.92 Å². The third-order valence-electron chi connectivity index (χ3n) is 7.51. The van der Waals surface area contributed by atoms with Gasteiger partial charge in [0.15, 0.2) is 16.1 Å². The van der Waals surface area contributed by atoms with Gasteiger partial charge in [-0.05, 0) is 113 Å². The van der Waals surface area contributed by atoms with Crippen molar-refractivity contribution >= 4 is 27.2 Å². The van der Waals surface area contributed by atoms with Crippen molar-refractivity contribution < 1.29 is 13.5 Å². The lowest BCUT2D eigenvalue weighted by atomic mass is 10.0. The minimum atomic E-state index is -3.37. The molecule has 0 saturated heterocycles. The molecule has 1 aliphatic rings. The maximum absolute atomic E-state index is 12.7. The standard InChI is InChI=1S/C32H40N6O3S/c1-6-22-13-15-34-29(17-22)36-30-19-25(37-38(30)32(3,4)5)10-8-23-18-24(9-7-21(23)2)35-31(39)28-20-27(14-16-33-28)42(40,41)26-11-12-26/h7,9,13-20,26,31,35,39H,6,8,10-12H2,1-5H3,(H,34,36). The Bertz CT molecular complexity index is 1670. The molecule has 10 heteroatoms. The highest BCUT2D eigenvalue weighted by molar-refractivity contribution is 7.92. The molecule has 0 radical (unpaired) electrons. The zero-order chi connectivity index (χ0) is 30.1. The SMILES string of the molecule is CCc1ccnc(Nc2cc(CCc3cc(NC(O)c4cc(S(=O)(=O)C5CC5)ccn4)ccc3C)nn2C(C)(C)C)c1. The molecule has 3 aromatic heterocycles. The Kier molecular flexibility index (Phi) is 8.39. The molecule has 0 bridgehead atoms. The first-order valence-electron chi connectivity index (χ1n) is 14.5. The molecular weight excluding hydrogens is 548 g/mol. The fourth-order valence-corrected chi connectivity index (χ4v) is 6.57. The van der Waals surface area contributed by atoms with Gasteiger partial charge in [0.1, 0.15) is 11.6 Å². The van der Waals surface area contributed by atoms with Crippen LogP contribution in [0.1, 0.15) is 74.8 Å². The number of nitrogens with zero attached hydrogens (tertiary/aromatic N) is 4. The molecule has 0 spiro atoms. The van der Waals surface area contributed by atoms with Crippen molar-refractivity contribution in [2.75, 3.05) is 10.6 Å². The van der Waals surface area contributed by atoms with E-state index in [1.54, 1.807) is 0 Å². The molecular formula is C32H40N6O3S. The maximum atomic E-state index is 12.7. The Morgan fingerprint density at radius 1 is 1.02 bits per heavy atom. The molecule has 1 atom stereocenters. The summed E-state index contributed by atoms with van der Waals surface area (Å²) in [5.41, 5.74) is 5.23. The fourth-order valence-electron chi connectivity index (χ4n) is 4.90. The number of benzene rings is 1. The minimum absolute atomic E-state index is 0.206. The molecule has 1 aliphatic carbocycles. The van der Waals surface area contributed by atoms with Crippen LogP contribution in [-0.4, -0.2) is 38.5 Å². The number of aliphatic hydroxyl groups is 1. The minimum Gasteiger partial charge on any atom is -0.368 e. The third kappa shape index (κ3) is 6.82. The first-order chi connectivity index (χ1) is 19.9. The number of aliphatic hydroxyl groups excluding tert-OH is 1. The lowest BCUT2D eigenvalue weighted by Crippen LogP contribution is -2.24. The summed E-state index contributed by atoms with van der Waals surface area (Å²) in [5.74, 6) is 1.69. The number of sulfone groups is 1. The third-order valence-corrected chi connectivity index (χ3v) is 9.77. The monoisotopic (exact) mass is 588 g/mol. The molecule has 3 N–H and O–H groups in total. The van der Waals surface area contributed by atoms with Crippen molar-refractivity contribution in [1.82, 2.24) is 19.7 Å². The first-order valence-corrected chi connectivity index (χ1v) is 16.0. The van der Waals surface area contributed by atoms with Crippen LogP contribution in [0.5, 0.6) is 0 Å². The molecule has 1 unspecified atom stereocenters. The second kappa shape index (κ2) is 11.9. The van der Waals surface area contributed by atoms with E-state index < -0.39 is 16.1 Å². The summed E-state index contributed by atoms with van der Waals surface area (Å²) in [6, 6.07) is 15.1. The Morgan fingerprint density at radius 3 is 2.50 bits per heavy atom. The average molecular weight is 589 g/mol. The van der Waals surface area contributed by atoms with E-state index in [-0.39, 0.29) is 21.4 Å². The summed E-state index contributed by atoms with van der Waals surface area (Å²) in [6.45, 7) is 10.6. The van der Waals surface area contributed by atoms with Gasteiger partial charge in [-0.2, -0.15) is 5.10 Å². The zero-order valence-electron chi connectivity index (χ0n) is 24.9. The molecule has 0 amide bonds. The quantitative estimate of drug-likeness (QED) is 0.186. The van der Waals surface area contributed by atoms with Crippen LogP contribution in [0.15, 0.2) is 65.8 Å². The van der Waals surface area contributed by atoms with Crippen molar-refractivity contribution in [3.8, 4) is 0 Å². The second-order valence-corrected chi connectivity index (χ2v) is 14.2. The van der Waals surface area contributed by atoms with Gasteiger partial charge in [0.2, 0.25) is 0 Å². The van der Waals surface area contributed by atoms with Crippen LogP contribution in [0.25, 0.3) is 0 Å². The number of aromatic nitrogens is 4. The summed E-state index contributed by atoms with van der Waals surface area (Å²) in [4.78, 5) is 8.91. The number of nitrogens with one attached hydrogen (secondary N) is 2. The largest absolute Gasteiger partial charge is 0.368 e. The van der Waals surface area contributed by atoms with E-state index in [1.165, 1.54) is 23.9 Å². The van der Waals surface area contributed by atoms with Crippen LogP contribution in [0.3, 0.4) is 0 Å². The van der Waals surface area contributed by atoms with Crippen LogP contribution in [-0.2, 0) is 34.6 Å². The van der Waals surface area contributed by atoms with Crippen LogP contribution in [0.4, 0.5) is 17.3 Å². The van der Waals surface area contributed by atoms with E-state index in [4.69, 9.17) is 5.10 Å². The van der Waals surface area contributed by atoms with Crippen molar-refractivity contribution in [3.63, 3.8) is 0 Å². The topological polar surface area (TPSA) is 122 Å². The lowest BCUT2D eigenvalue weighted by molar-refractivity contribution is 0.203. The number of hydrogen-bond donors (Lipinski definition) is 3. The second-order valence-electron chi connectivity index (χ2n) is 12.0. The number of pyridine rings is 2. The summed E-state index contributed by atoms with van der Waals surface area (Å²) >= 11 is 0. The van der Waals surface area contributed by atoms with Gasteiger partial charge >= 0.3 is 0 Å². The zero-order valence-corrected chi connectivity index (χ0v) is 25.7. The van der Waals surface area contributed by atoms with E-state index in [0.29, 0.717) is 12.8 Å². The van der Waals surface area contributed by atoms with Crippen molar-refractivity contribution in [2.45, 2.75) is 88.6 Å². The van der Waals surface area contributed by atoms with E-state index in [2.05, 4.69) is 67.4 Å². The Labute approximate surface area is 248 Å². The smallest absolute Gasteiger partial charge is 0.181 e. The van der Waals surface area contributed by atoms with Crippen LogP contribution < -0.4 is 10.6 Å². The molecule has 1 aromatic carbocycles. The molecule has 5 rings (SSSR count). The van der Waals surface area contributed by atoms with E-state index in [0.717, 1.165) is 53.4 Å². The van der Waals surface area contributed by atoms with E-state index >= 15 is 0 Å². The molecule has 1 fully saturated rings. The van der Waals surface area contributed by atoms with Crippen LogP contribution in [0.2, 0.25) is 0 Å². The van der Waals surface area contributed by atoms with Gasteiger partial charge < -0.3 is 15.7 Å². The fraction of sp³-hybridized carbons (Fsp3) is 0.406. The summed E-state index contributed by atoms with van der Waals surface area (Å²) in [7, 11) is -3.37.